The fourth-order valence-corrected chi connectivity index (χ4v) is 2.87. The number of anilines is 1. The van der Waals surface area contributed by atoms with E-state index in [9.17, 15) is 0 Å². The molecular formula is C21H25N3O2. The van der Waals surface area contributed by atoms with E-state index in [1.807, 2.05) is 24.3 Å². The zero-order chi connectivity index (χ0) is 18.5. The summed E-state index contributed by atoms with van der Waals surface area (Å²) in [5.74, 6) is 2.96. The summed E-state index contributed by atoms with van der Waals surface area (Å²) >= 11 is 0. The molecule has 5 nitrogen and oxygen atoms in total. The number of hydrogen-bond acceptors (Lipinski definition) is 5. The number of fused-ring (bicyclic) bond motifs is 1. The lowest BCUT2D eigenvalue weighted by molar-refractivity contribution is 0.355. The van der Waals surface area contributed by atoms with E-state index in [4.69, 9.17) is 9.47 Å². The summed E-state index contributed by atoms with van der Waals surface area (Å²) in [5.41, 5.74) is 3.07. The minimum absolute atomic E-state index is 0.651. The molecule has 0 bridgehead atoms. The van der Waals surface area contributed by atoms with Gasteiger partial charge in [0.15, 0.2) is 11.5 Å². The number of nitrogens with zero attached hydrogens (tertiary/aromatic N) is 2. The monoisotopic (exact) mass is 351 g/mol. The smallest absolute Gasteiger partial charge is 0.161 e. The normalized spacial score (nSPS) is 11.0. The average molecular weight is 351 g/mol. The molecule has 3 rings (SSSR count). The van der Waals surface area contributed by atoms with Crippen LogP contribution in [0.4, 0.5) is 5.82 Å². The van der Waals surface area contributed by atoms with E-state index >= 15 is 0 Å². The van der Waals surface area contributed by atoms with Gasteiger partial charge in [-0.2, -0.15) is 0 Å². The molecule has 3 aromatic rings. The Kier molecular flexibility index (Phi) is 5.56. The summed E-state index contributed by atoms with van der Waals surface area (Å²) in [6.07, 6.45) is 2.71. The van der Waals surface area contributed by atoms with Crippen molar-refractivity contribution < 1.29 is 9.47 Å². The highest BCUT2D eigenvalue weighted by Crippen LogP contribution is 2.34. The molecule has 0 saturated carbocycles. The van der Waals surface area contributed by atoms with Gasteiger partial charge in [-0.15, -0.1) is 0 Å². The van der Waals surface area contributed by atoms with Gasteiger partial charge in [0.05, 0.1) is 19.7 Å². The van der Waals surface area contributed by atoms with Gasteiger partial charge in [0.1, 0.15) is 12.1 Å². The first-order valence-electron chi connectivity index (χ1n) is 8.83. The van der Waals surface area contributed by atoms with Gasteiger partial charge >= 0.3 is 0 Å². The van der Waals surface area contributed by atoms with E-state index in [1.54, 1.807) is 20.5 Å². The number of nitrogens with one attached hydrogen (secondary N) is 1. The van der Waals surface area contributed by atoms with Gasteiger partial charge in [-0.1, -0.05) is 26.0 Å². The molecular weight excluding hydrogens is 326 g/mol. The van der Waals surface area contributed by atoms with Crippen LogP contribution in [0, 0.1) is 5.92 Å². The topological polar surface area (TPSA) is 56.3 Å². The Labute approximate surface area is 154 Å². The molecule has 0 spiro atoms. The highest BCUT2D eigenvalue weighted by atomic mass is 16.5. The first kappa shape index (κ1) is 18.0. The highest BCUT2D eigenvalue weighted by molar-refractivity contribution is 5.92. The van der Waals surface area contributed by atoms with Crippen molar-refractivity contribution in [3.63, 3.8) is 0 Å². The molecule has 0 aliphatic rings. The number of ether oxygens (including phenoxy) is 2. The van der Waals surface area contributed by atoms with Crippen molar-refractivity contribution in [1.82, 2.24) is 9.97 Å². The predicted molar refractivity (Wildman–Crippen MR) is 106 cm³/mol. The van der Waals surface area contributed by atoms with Gasteiger partial charge in [0, 0.05) is 11.9 Å². The van der Waals surface area contributed by atoms with E-state index in [-0.39, 0.29) is 0 Å². The number of hydrogen-bond donors (Lipinski definition) is 1. The number of rotatable bonds is 7. The van der Waals surface area contributed by atoms with Crippen molar-refractivity contribution >= 4 is 16.7 Å². The van der Waals surface area contributed by atoms with Crippen molar-refractivity contribution in [2.75, 3.05) is 26.1 Å². The average Bonchev–Trinajstić information content (AvgIpc) is 2.67. The van der Waals surface area contributed by atoms with Crippen LogP contribution < -0.4 is 14.8 Å². The second-order valence-electron chi connectivity index (χ2n) is 6.63. The van der Waals surface area contributed by atoms with Crippen LogP contribution in [0.3, 0.4) is 0 Å². The van der Waals surface area contributed by atoms with E-state index in [0.717, 1.165) is 46.6 Å². The molecule has 1 aromatic heterocycles. The highest BCUT2D eigenvalue weighted by Gasteiger charge is 2.09. The summed E-state index contributed by atoms with van der Waals surface area (Å²) in [7, 11) is 3.28. The van der Waals surface area contributed by atoms with E-state index in [1.165, 1.54) is 0 Å². The summed E-state index contributed by atoms with van der Waals surface area (Å²) in [6.45, 7) is 5.33. The predicted octanol–water partition coefficient (Wildman–Crippen LogP) is 4.77. The van der Waals surface area contributed by atoms with Crippen LogP contribution in [0.5, 0.6) is 11.5 Å². The molecule has 136 valence electrons. The summed E-state index contributed by atoms with van der Waals surface area (Å²) in [6, 6.07) is 12.1. The second-order valence-corrected chi connectivity index (χ2v) is 6.63. The number of benzene rings is 2. The van der Waals surface area contributed by atoms with E-state index in [0.29, 0.717) is 11.7 Å². The lowest BCUT2D eigenvalue weighted by Crippen LogP contribution is -2.06. The molecule has 0 fully saturated rings. The van der Waals surface area contributed by atoms with Gasteiger partial charge in [-0.25, -0.2) is 9.97 Å². The number of methoxy groups -OCH3 is 2. The lowest BCUT2D eigenvalue weighted by atomic mass is 10.0. The Balaban J connectivity index is 1.97. The Hall–Kier alpha value is -2.82. The van der Waals surface area contributed by atoms with Crippen LogP contribution in [-0.2, 0) is 0 Å². The summed E-state index contributed by atoms with van der Waals surface area (Å²) in [4.78, 5) is 8.82. The quantitative estimate of drug-likeness (QED) is 0.664. The Morgan fingerprint density at radius 1 is 0.923 bits per heavy atom. The van der Waals surface area contributed by atoms with Gasteiger partial charge in [0.25, 0.3) is 0 Å². The Morgan fingerprint density at radius 2 is 1.65 bits per heavy atom. The third-order valence-electron chi connectivity index (χ3n) is 4.37. The van der Waals surface area contributed by atoms with Crippen LogP contribution in [0.2, 0.25) is 0 Å². The standard InChI is InChI=1S/C21H25N3O2/c1-14(2)9-10-22-21-17-11-15(5-7-18(17)23-13-24-21)16-6-8-19(25-3)20(12-16)26-4/h5-8,11-14H,9-10H2,1-4H3,(H,22,23,24). The maximum absolute atomic E-state index is 5.42. The molecule has 0 aliphatic carbocycles. The molecule has 5 heteroatoms. The molecule has 1 heterocycles. The minimum atomic E-state index is 0.651. The van der Waals surface area contributed by atoms with Gasteiger partial charge in [-0.05, 0) is 47.7 Å². The Bertz CT molecular complexity index is 894. The summed E-state index contributed by atoms with van der Waals surface area (Å²) in [5, 5.41) is 4.46. The minimum Gasteiger partial charge on any atom is -0.493 e. The van der Waals surface area contributed by atoms with Crippen LogP contribution >= 0.6 is 0 Å². The van der Waals surface area contributed by atoms with Crippen LogP contribution in [0.1, 0.15) is 20.3 Å². The number of aromatic nitrogens is 2. The first-order chi connectivity index (χ1) is 12.6. The molecule has 0 atom stereocenters. The molecule has 0 unspecified atom stereocenters. The maximum atomic E-state index is 5.42. The molecule has 0 saturated heterocycles. The van der Waals surface area contributed by atoms with Gasteiger partial charge < -0.3 is 14.8 Å². The van der Waals surface area contributed by atoms with Crippen LogP contribution in [0.25, 0.3) is 22.0 Å². The third-order valence-corrected chi connectivity index (χ3v) is 4.37. The molecule has 0 aliphatic heterocycles. The van der Waals surface area contributed by atoms with Gasteiger partial charge in [0.2, 0.25) is 0 Å². The van der Waals surface area contributed by atoms with E-state index < -0.39 is 0 Å². The lowest BCUT2D eigenvalue weighted by Gasteiger charge is -2.12. The third kappa shape index (κ3) is 3.87. The van der Waals surface area contributed by atoms with Gasteiger partial charge in [-0.3, -0.25) is 0 Å². The fourth-order valence-electron chi connectivity index (χ4n) is 2.87. The van der Waals surface area contributed by atoms with Crippen LogP contribution in [0.15, 0.2) is 42.7 Å². The van der Waals surface area contributed by atoms with Crippen molar-refractivity contribution in [2.45, 2.75) is 20.3 Å². The van der Waals surface area contributed by atoms with Crippen molar-refractivity contribution in [1.29, 1.82) is 0 Å². The Morgan fingerprint density at radius 3 is 2.38 bits per heavy atom. The van der Waals surface area contributed by atoms with E-state index in [2.05, 4.69) is 41.3 Å². The van der Waals surface area contributed by atoms with Crippen molar-refractivity contribution in [3.8, 4) is 22.6 Å². The zero-order valence-electron chi connectivity index (χ0n) is 15.7. The van der Waals surface area contributed by atoms with Crippen molar-refractivity contribution in [2.24, 2.45) is 5.92 Å². The SMILES string of the molecule is COc1ccc(-c2ccc3ncnc(NCCC(C)C)c3c2)cc1OC. The fraction of sp³-hybridized carbons (Fsp3) is 0.333. The molecule has 0 radical (unpaired) electrons. The van der Waals surface area contributed by atoms with Crippen LogP contribution in [-0.4, -0.2) is 30.7 Å². The molecule has 2 aromatic carbocycles. The maximum Gasteiger partial charge on any atom is 0.161 e. The zero-order valence-corrected chi connectivity index (χ0v) is 15.7. The largest absolute Gasteiger partial charge is 0.493 e. The molecule has 1 N–H and O–H groups in total. The molecule has 0 amide bonds. The van der Waals surface area contributed by atoms with Crippen molar-refractivity contribution in [3.05, 3.63) is 42.7 Å². The summed E-state index contributed by atoms with van der Waals surface area (Å²) < 4.78 is 10.7. The second kappa shape index (κ2) is 8.04. The molecule has 26 heavy (non-hydrogen) atoms. The first-order valence-corrected chi connectivity index (χ1v) is 8.83.